The van der Waals surface area contributed by atoms with Crippen LogP contribution in [-0.4, -0.2) is 34.9 Å². The van der Waals surface area contributed by atoms with E-state index in [-0.39, 0.29) is 12.5 Å². The number of nitrogens with one attached hydrogen (secondary N) is 1. The maximum absolute atomic E-state index is 12.5. The summed E-state index contributed by atoms with van der Waals surface area (Å²) < 4.78 is 0. The molecule has 358 valence electrons. The number of hydrogen-bond donors (Lipinski definition) is 3. The summed E-state index contributed by atoms with van der Waals surface area (Å²) in [7, 11) is 0. The van der Waals surface area contributed by atoms with E-state index in [1.807, 2.05) is 0 Å². The fraction of sp³-hybridized carbons (Fsp3) is 0.741. The van der Waals surface area contributed by atoms with Gasteiger partial charge in [0.25, 0.3) is 0 Å². The molecule has 62 heavy (non-hydrogen) atoms. The zero-order chi connectivity index (χ0) is 44.9. The second-order valence-electron chi connectivity index (χ2n) is 17.9. The molecule has 0 radical (unpaired) electrons. The second-order valence-corrected chi connectivity index (χ2v) is 17.9. The van der Waals surface area contributed by atoms with Crippen molar-refractivity contribution in [3.05, 3.63) is 85.1 Å². The second kappa shape index (κ2) is 52.9. The molecule has 0 fully saturated rings. The average Bonchev–Trinajstić information content (AvgIpc) is 3.28. The summed E-state index contributed by atoms with van der Waals surface area (Å²) in [6, 6.07) is -0.543. The molecule has 0 saturated heterocycles. The van der Waals surface area contributed by atoms with E-state index in [0.29, 0.717) is 12.8 Å². The van der Waals surface area contributed by atoms with Crippen LogP contribution in [-0.2, 0) is 4.79 Å². The molecular formula is C58H103NO3. The summed E-state index contributed by atoms with van der Waals surface area (Å²) in [4.78, 5) is 12.5. The molecule has 2 unspecified atom stereocenters. The van der Waals surface area contributed by atoms with Crippen LogP contribution in [0.3, 0.4) is 0 Å². The van der Waals surface area contributed by atoms with Crippen LogP contribution in [0.15, 0.2) is 85.1 Å². The van der Waals surface area contributed by atoms with Gasteiger partial charge in [0.15, 0.2) is 0 Å². The van der Waals surface area contributed by atoms with E-state index in [1.165, 1.54) is 161 Å². The highest BCUT2D eigenvalue weighted by atomic mass is 16.3. The molecule has 0 aliphatic carbocycles. The number of carbonyl (C=O) groups is 1. The van der Waals surface area contributed by atoms with Crippen LogP contribution in [0.2, 0.25) is 0 Å². The van der Waals surface area contributed by atoms with Crippen molar-refractivity contribution >= 4 is 5.91 Å². The molecule has 3 N–H and O–H groups in total. The van der Waals surface area contributed by atoms with Gasteiger partial charge in [0.05, 0.1) is 18.8 Å². The molecule has 2 atom stereocenters. The third-order valence-electron chi connectivity index (χ3n) is 11.9. The summed E-state index contributed by atoms with van der Waals surface area (Å²) >= 11 is 0. The van der Waals surface area contributed by atoms with E-state index in [2.05, 4.69) is 104 Å². The molecule has 0 bridgehead atoms. The summed E-state index contributed by atoms with van der Waals surface area (Å²) in [6.45, 7) is 4.25. The minimum atomic E-state index is -0.665. The number of aliphatic hydroxyl groups is 2. The summed E-state index contributed by atoms with van der Waals surface area (Å²) in [5, 5.41) is 23.3. The van der Waals surface area contributed by atoms with Gasteiger partial charge < -0.3 is 15.5 Å². The Balaban J connectivity index is 3.54. The standard InChI is InChI=1S/C58H103NO3/c1-3-5-7-9-11-13-15-17-19-21-22-23-24-25-26-27-28-29-30-31-32-33-34-35-36-38-40-42-44-46-48-50-52-54-58(62)59-56(55-60)57(61)53-51-49-47-45-43-41-39-37-20-18-16-14-12-10-8-6-4-2/h5,7,11,13,17,19,22-23,25-26,28-29,31-32,56-57,60-61H,3-4,6,8-10,12,14-16,18,20-21,24,27,30,33-55H2,1-2H3,(H,59,62)/b7-5-,13-11-,19-17-,23-22-,26-25-,29-28-,32-31-. The monoisotopic (exact) mass is 862 g/mol. The third kappa shape index (κ3) is 48.6. The SMILES string of the molecule is CC/C=C\C/C=C\C/C=C\C/C=C\C/C=C\C/C=C\C/C=C\CCCCCCCCCCCCCC(=O)NC(CO)C(O)CCCCCCCCCCCCCCCCCCC. The molecule has 0 aliphatic heterocycles. The molecule has 0 rings (SSSR count). The summed E-state index contributed by atoms with van der Waals surface area (Å²) in [5.74, 6) is -0.0362. The van der Waals surface area contributed by atoms with Crippen molar-refractivity contribution < 1.29 is 15.0 Å². The van der Waals surface area contributed by atoms with Crippen LogP contribution in [0.5, 0.6) is 0 Å². The number of allylic oxidation sites excluding steroid dienone is 14. The van der Waals surface area contributed by atoms with Crippen molar-refractivity contribution in [2.75, 3.05) is 6.61 Å². The van der Waals surface area contributed by atoms with Crippen molar-refractivity contribution in [1.29, 1.82) is 0 Å². The van der Waals surface area contributed by atoms with Gasteiger partial charge in [-0.1, -0.05) is 266 Å². The molecule has 0 aliphatic rings. The van der Waals surface area contributed by atoms with Crippen molar-refractivity contribution in [2.45, 2.75) is 270 Å². The number of amides is 1. The van der Waals surface area contributed by atoms with Crippen LogP contribution in [0.1, 0.15) is 258 Å². The molecule has 4 nitrogen and oxygen atoms in total. The Bertz CT molecular complexity index is 1110. The van der Waals surface area contributed by atoms with Gasteiger partial charge in [0.1, 0.15) is 0 Å². The lowest BCUT2D eigenvalue weighted by Gasteiger charge is -2.22. The molecule has 0 aromatic rings. The Kier molecular flexibility index (Phi) is 50.8. The van der Waals surface area contributed by atoms with Gasteiger partial charge in [-0.15, -0.1) is 0 Å². The Morgan fingerprint density at radius 3 is 1.06 bits per heavy atom. The number of aliphatic hydroxyl groups excluding tert-OH is 2. The first kappa shape index (κ1) is 59.6. The van der Waals surface area contributed by atoms with Gasteiger partial charge in [0, 0.05) is 6.42 Å². The number of rotatable bonds is 48. The van der Waals surface area contributed by atoms with Gasteiger partial charge in [-0.25, -0.2) is 0 Å². The van der Waals surface area contributed by atoms with Crippen molar-refractivity contribution in [3.63, 3.8) is 0 Å². The van der Waals surface area contributed by atoms with E-state index in [4.69, 9.17) is 0 Å². The molecule has 0 saturated carbocycles. The Labute approximate surface area is 386 Å². The average molecular weight is 862 g/mol. The van der Waals surface area contributed by atoms with Gasteiger partial charge in [0.2, 0.25) is 5.91 Å². The lowest BCUT2D eigenvalue weighted by Crippen LogP contribution is -2.45. The predicted octanol–water partition coefficient (Wildman–Crippen LogP) is 17.6. The van der Waals surface area contributed by atoms with Crippen LogP contribution in [0.4, 0.5) is 0 Å². The quantitative estimate of drug-likeness (QED) is 0.0422. The Morgan fingerprint density at radius 1 is 0.403 bits per heavy atom. The minimum Gasteiger partial charge on any atom is -0.394 e. The van der Waals surface area contributed by atoms with E-state index in [9.17, 15) is 15.0 Å². The zero-order valence-corrected chi connectivity index (χ0v) is 41.1. The third-order valence-corrected chi connectivity index (χ3v) is 11.9. The highest BCUT2D eigenvalue weighted by molar-refractivity contribution is 5.76. The van der Waals surface area contributed by atoms with Gasteiger partial charge >= 0.3 is 0 Å². The van der Waals surface area contributed by atoms with Crippen LogP contribution < -0.4 is 5.32 Å². The fourth-order valence-corrected chi connectivity index (χ4v) is 7.87. The smallest absolute Gasteiger partial charge is 0.220 e. The zero-order valence-electron chi connectivity index (χ0n) is 41.1. The van der Waals surface area contributed by atoms with E-state index >= 15 is 0 Å². The molecule has 1 amide bonds. The van der Waals surface area contributed by atoms with Crippen LogP contribution >= 0.6 is 0 Å². The van der Waals surface area contributed by atoms with Crippen molar-refractivity contribution in [1.82, 2.24) is 5.32 Å². The number of hydrogen-bond acceptors (Lipinski definition) is 3. The molecule has 0 heterocycles. The lowest BCUT2D eigenvalue weighted by atomic mass is 10.0. The maximum atomic E-state index is 12.5. The van der Waals surface area contributed by atoms with Crippen molar-refractivity contribution in [2.24, 2.45) is 0 Å². The Hall–Kier alpha value is -2.43. The maximum Gasteiger partial charge on any atom is 0.220 e. The molecule has 4 heteroatoms. The van der Waals surface area contributed by atoms with E-state index in [0.717, 1.165) is 70.6 Å². The summed E-state index contributed by atoms with van der Waals surface area (Å²) in [5.41, 5.74) is 0. The van der Waals surface area contributed by atoms with E-state index in [1.54, 1.807) is 0 Å². The molecular weight excluding hydrogens is 759 g/mol. The van der Waals surface area contributed by atoms with Crippen LogP contribution in [0.25, 0.3) is 0 Å². The predicted molar refractivity (Wildman–Crippen MR) is 276 cm³/mol. The largest absolute Gasteiger partial charge is 0.394 e. The molecule has 0 spiro atoms. The number of unbranched alkanes of at least 4 members (excludes halogenated alkanes) is 27. The van der Waals surface area contributed by atoms with Gasteiger partial charge in [-0.3, -0.25) is 4.79 Å². The fourth-order valence-electron chi connectivity index (χ4n) is 7.87. The highest BCUT2D eigenvalue weighted by Crippen LogP contribution is 2.16. The topological polar surface area (TPSA) is 69.6 Å². The first-order valence-corrected chi connectivity index (χ1v) is 26.8. The van der Waals surface area contributed by atoms with Crippen molar-refractivity contribution in [3.8, 4) is 0 Å². The normalized spacial score (nSPS) is 13.5. The first-order chi connectivity index (χ1) is 30.7. The number of carbonyl (C=O) groups excluding carboxylic acids is 1. The summed E-state index contributed by atoms with van der Waals surface area (Å²) in [6.07, 6.45) is 76.9. The first-order valence-electron chi connectivity index (χ1n) is 26.8. The minimum absolute atomic E-state index is 0.0362. The van der Waals surface area contributed by atoms with Gasteiger partial charge in [-0.2, -0.15) is 0 Å². The highest BCUT2D eigenvalue weighted by Gasteiger charge is 2.20. The Morgan fingerprint density at radius 2 is 0.710 bits per heavy atom. The molecule has 0 aromatic carbocycles. The van der Waals surface area contributed by atoms with E-state index < -0.39 is 12.1 Å². The van der Waals surface area contributed by atoms with Crippen LogP contribution in [0, 0.1) is 0 Å². The lowest BCUT2D eigenvalue weighted by molar-refractivity contribution is -0.123. The molecule has 0 aromatic heterocycles. The van der Waals surface area contributed by atoms with Gasteiger partial charge in [-0.05, 0) is 70.6 Å².